The smallest absolute Gasteiger partial charge is 0.408 e. The molecule has 6 nitrogen and oxygen atoms in total. The summed E-state index contributed by atoms with van der Waals surface area (Å²) in [6, 6.07) is 17.2. The minimum absolute atomic E-state index is 0.278. The lowest BCUT2D eigenvalue weighted by Gasteiger charge is -2.29. The first-order chi connectivity index (χ1) is 14.2. The SMILES string of the molecule is CN(C(=O)[C@H](Cc1ccccc1)NC(=O)OC(C)(C)C)[C@H]([C]=O)Cc1ccccc1. The van der Waals surface area contributed by atoms with Crippen molar-refractivity contribution in [3.8, 4) is 0 Å². The van der Waals surface area contributed by atoms with Gasteiger partial charge < -0.3 is 15.0 Å². The minimum atomic E-state index is -0.876. The molecule has 2 atom stereocenters. The number of nitrogens with one attached hydrogen (secondary N) is 1. The Morgan fingerprint density at radius 2 is 1.47 bits per heavy atom. The largest absolute Gasteiger partial charge is 0.444 e. The first-order valence-corrected chi connectivity index (χ1v) is 9.91. The molecule has 0 saturated carbocycles. The Balaban J connectivity index is 2.18. The number of hydrogen-bond acceptors (Lipinski definition) is 4. The molecule has 0 fully saturated rings. The molecule has 159 valence electrons. The highest BCUT2D eigenvalue weighted by Crippen LogP contribution is 2.12. The van der Waals surface area contributed by atoms with Gasteiger partial charge in [0, 0.05) is 19.9 Å². The zero-order valence-electron chi connectivity index (χ0n) is 17.9. The van der Waals surface area contributed by atoms with E-state index in [4.69, 9.17) is 4.74 Å². The molecule has 0 unspecified atom stereocenters. The number of alkyl carbamates (subject to hydrolysis) is 1. The number of carbonyl (C=O) groups is 2. The van der Waals surface area contributed by atoms with E-state index in [9.17, 15) is 14.4 Å². The number of hydrogen-bond donors (Lipinski definition) is 1. The van der Waals surface area contributed by atoms with Crippen LogP contribution in [0, 0.1) is 0 Å². The molecule has 2 rings (SSSR count). The van der Waals surface area contributed by atoms with Crippen molar-refractivity contribution < 1.29 is 19.1 Å². The van der Waals surface area contributed by atoms with Crippen molar-refractivity contribution in [2.45, 2.75) is 51.3 Å². The van der Waals surface area contributed by atoms with Crippen molar-refractivity contribution in [2.75, 3.05) is 7.05 Å². The summed E-state index contributed by atoms with van der Waals surface area (Å²) in [7, 11) is 1.55. The first kappa shape index (κ1) is 23.1. The Hall–Kier alpha value is -3.15. The van der Waals surface area contributed by atoms with Gasteiger partial charge >= 0.3 is 6.09 Å². The van der Waals surface area contributed by atoms with E-state index in [0.717, 1.165) is 11.1 Å². The normalized spacial score (nSPS) is 13.1. The molecular weight excluding hydrogens is 380 g/mol. The molecule has 0 saturated heterocycles. The molecule has 2 aromatic rings. The highest BCUT2D eigenvalue weighted by atomic mass is 16.6. The maximum atomic E-state index is 13.2. The Morgan fingerprint density at radius 3 is 1.93 bits per heavy atom. The fourth-order valence-corrected chi connectivity index (χ4v) is 2.99. The van der Waals surface area contributed by atoms with E-state index < -0.39 is 23.8 Å². The fraction of sp³-hybridized carbons (Fsp3) is 0.375. The van der Waals surface area contributed by atoms with Crippen LogP contribution in [0.4, 0.5) is 4.79 Å². The Morgan fingerprint density at radius 1 is 0.967 bits per heavy atom. The van der Waals surface area contributed by atoms with Crippen LogP contribution in [0.1, 0.15) is 31.9 Å². The van der Waals surface area contributed by atoms with E-state index in [2.05, 4.69) is 5.32 Å². The summed E-state index contributed by atoms with van der Waals surface area (Å²) in [5.74, 6) is -0.381. The first-order valence-electron chi connectivity index (χ1n) is 9.91. The van der Waals surface area contributed by atoms with Gasteiger partial charge in [0.1, 0.15) is 17.7 Å². The molecule has 0 bridgehead atoms. The molecule has 0 aromatic heterocycles. The van der Waals surface area contributed by atoms with Gasteiger partial charge in [-0.1, -0.05) is 60.7 Å². The number of benzene rings is 2. The van der Waals surface area contributed by atoms with E-state index in [1.165, 1.54) is 4.90 Å². The lowest BCUT2D eigenvalue weighted by Crippen LogP contribution is -2.53. The molecule has 2 amide bonds. The summed E-state index contributed by atoms with van der Waals surface area (Å²) in [5, 5.41) is 2.66. The summed E-state index contributed by atoms with van der Waals surface area (Å²) >= 11 is 0. The summed E-state index contributed by atoms with van der Waals surface area (Å²) in [6.07, 6.45) is 1.89. The summed E-state index contributed by atoms with van der Waals surface area (Å²) in [6.45, 7) is 5.26. The van der Waals surface area contributed by atoms with Crippen LogP contribution in [0.5, 0.6) is 0 Å². The Bertz CT molecular complexity index is 831. The standard InChI is InChI=1S/C24H29N2O4/c1-24(2,3)30-23(29)25-21(16-19-13-9-6-10-14-19)22(28)26(4)20(17-27)15-18-11-7-5-8-12-18/h5-14,20-21H,15-16H2,1-4H3,(H,25,29)/t20-,21-/m0/s1. The quantitative estimate of drug-likeness (QED) is 0.726. The van der Waals surface area contributed by atoms with Crippen molar-refractivity contribution in [2.24, 2.45) is 0 Å². The third-order valence-electron chi connectivity index (χ3n) is 4.49. The molecule has 1 radical (unpaired) electrons. The number of likely N-dealkylation sites (N-methyl/N-ethyl adjacent to an activating group) is 1. The van der Waals surface area contributed by atoms with Gasteiger partial charge in [-0.05, 0) is 31.9 Å². The molecule has 0 aliphatic rings. The number of ether oxygens (including phenoxy) is 1. The lowest BCUT2D eigenvalue weighted by atomic mass is 10.0. The van der Waals surface area contributed by atoms with E-state index in [0.29, 0.717) is 6.42 Å². The molecule has 6 heteroatoms. The zero-order chi connectivity index (χ0) is 22.1. The van der Waals surface area contributed by atoms with Gasteiger partial charge in [0.2, 0.25) is 12.2 Å². The summed E-state index contributed by atoms with van der Waals surface area (Å²) in [5.41, 5.74) is 1.11. The van der Waals surface area contributed by atoms with Crippen LogP contribution in [0.15, 0.2) is 60.7 Å². The molecule has 1 N–H and O–H groups in total. The van der Waals surface area contributed by atoms with Crippen LogP contribution in [-0.4, -0.2) is 47.9 Å². The third-order valence-corrected chi connectivity index (χ3v) is 4.49. The van der Waals surface area contributed by atoms with E-state index in [1.54, 1.807) is 27.8 Å². The number of amides is 2. The van der Waals surface area contributed by atoms with Crippen molar-refractivity contribution >= 4 is 18.3 Å². The number of rotatable bonds is 8. The fourth-order valence-electron chi connectivity index (χ4n) is 2.99. The molecule has 0 aliphatic heterocycles. The lowest BCUT2D eigenvalue weighted by molar-refractivity contribution is -0.133. The highest BCUT2D eigenvalue weighted by Gasteiger charge is 2.30. The highest BCUT2D eigenvalue weighted by molar-refractivity contribution is 5.88. The molecule has 0 spiro atoms. The molecular formula is C24H29N2O4. The van der Waals surface area contributed by atoms with Crippen molar-refractivity contribution in [3.05, 3.63) is 71.8 Å². The van der Waals surface area contributed by atoms with E-state index in [1.807, 2.05) is 66.9 Å². The van der Waals surface area contributed by atoms with E-state index >= 15 is 0 Å². The minimum Gasteiger partial charge on any atom is -0.444 e. The predicted molar refractivity (Wildman–Crippen MR) is 116 cm³/mol. The maximum Gasteiger partial charge on any atom is 0.408 e. The Labute approximate surface area is 178 Å². The average Bonchev–Trinajstić information content (AvgIpc) is 2.70. The van der Waals surface area contributed by atoms with Crippen LogP contribution in [0.25, 0.3) is 0 Å². The second-order valence-electron chi connectivity index (χ2n) is 8.16. The van der Waals surface area contributed by atoms with Gasteiger partial charge in [0.25, 0.3) is 0 Å². The van der Waals surface area contributed by atoms with Gasteiger partial charge in [-0.3, -0.25) is 9.59 Å². The monoisotopic (exact) mass is 409 g/mol. The van der Waals surface area contributed by atoms with Gasteiger partial charge in [0.15, 0.2) is 0 Å². The van der Waals surface area contributed by atoms with Crippen LogP contribution >= 0.6 is 0 Å². The molecule has 0 heterocycles. The second kappa shape index (κ2) is 10.6. The Kier molecular flexibility index (Phi) is 8.16. The topological polar surface area (TPSA) is 75.7 Å². The van der Waals surface area contributed by atoms with Crippen LogP contribution in [-0.2, 0) is 27.2 Å². The number of nitrogens with zero attached hydrogens (tertiary/aromatic N) is 1. The van der Waals surface area contributed by atoms with Crippen molar-refractivity contribution in [1.82, 2.24) is 10.2 Å². The van der Waals surface area contributed by atoms with Crippen molar-refractivity contribution in [3.63, 3.8) is 0 Å². The predicted octanol–water partition coefficient (Wildman–Crippen LogP) is 3.30. The average molecular weight is 410 g/mol. The summed E-state index contributed by atoms with van der Waals surface area (Å²) < 4.78 is 5.32. The van der Waals surface area contributed by atoms with Gasteiger partial charge in [0.05, 0.1) is 0 Å². The van der Waals surface area contributed by atoms with Gasteiger partial charge in [-0.25, -0.2) is 4.79 Å². The third kappa shape index (κ3) is 7.35. The second-order valence-corrected chi connectivity index (χ2v) is 8.16. The van der Waals surface area contributed by atoms with Gasteiger partial charge in [-0.15, -0.1) is 0 Å². The number of carbonyl (C=O) groups excluding carboxylic acids is 3. The van der Waals surface area contributed by atoms with Crippen LogP contribution in [0.3, 0.4) is 0 Å². The molecule has 30 heavy (non-hydrogen) atoms. The van der Waals surface area contributed by atoms with E-state index in [-0.39, 0.29) is 12.3 Å². The maximum absolute atomic E-state index is 13.2. The van der Waals surface area contributed by atoms with Crippen LogP contribution < -0.4 is 5.32 Å². The van der Waals surface area contributed by atoms with Gasteiger partial charge in [-0.2, -0.15) is 0 Å². The molecule has 2 aromatic carbocycles. The zero-order valence-corrected chi connectivity index (χ0v) is 17.9. The van der Waals surface area contributed by atoms with Crippen molar-refractivity contribution in [1.29, 1.82) is 0 Å². The summed E-state index contributed by atoms with van der Waals surface area (Å²) in [4.78, 5) is 38.5. The van der Waals surface area contributed by atoms with Crippen LogP contribution in [0.2, 0.25) is 0 Å². The molecule has 0 aliphatic carbocycles.